The molecule has 1 aromatic carbocycles. The normalized spacial score (nSPS) is 11.6. The first kappa shape index (κ1) is 18.8. The van der Waals surface area contributed by atoms with Gasteiger partial charge in [0, 0.05) is 20.6 Å². The van der Waals surface area contributed by atoms with Crippen LogP contribution in [0.3, 0.4) is 0 Å². The van der Waals surface area contributed by atoms with Gasteiger partial charge >= 0.3 is 6.18 Å². The molecule has 1 rings (SSSR count). The number of hydrogen-bond acceptors (Lipinski definition) is 2. The van der Waals surface area contributed by atoms with E-state index in [1.54, 1.807) is 32.3 Å². The molecule has 0 bridgehead atoms. The molecule has 0 radical (unpaired) electrons. The zero-order valence-electron chi connectivity index (χ0n) is 11.1. The fourth-order valence-electron chi connectivity index (χ4n) is 1.38. The Morgan fingerprint density at radius 2 is 2.05 bits per heavy atom. The minimum absolute atomic E-state index is 0. The summed E-state index contributed by atoms with van der Waals surface area (Å²) in [5, 5.41) is 5.84. The highest BCUT2D eigenvalue weighted by molar-refractivity contribution is 14.0. The molecule has 0 amide bonds. The van der Waals surface area contributed by atoms with Crippen molar-refractivity contribution in [2.24, 2.45) is 4.99 Å². The standard InChI is InChI=1S/C12H16F3N3O.HI/c1-16-11(17-2)18-7-9-4-3-5-10(6-9)19-8-12(13,14)15;/h3-6H,7-8H2,1-2H3,(H2,16,17,18);1H. The number of halogens is 4. The van der Waals surface area contributed by atoms with E-state index in [4.69, 9.17) is 0 Å². The summed E-state index contributed by atoms with van der Waals surface area (Å²) < 4.78 is 40.7. The maximum absolute atomic E-state index is 12.0. The van der Waals surface area contributed by atoms with Crippen LogP contribution in [0.25, 0.3) is 0 Å². The molecule has 20 heavy (non-hydrogen) atoms. The van der Waals surface area contributed by atoms with Crippen molar-refractivity contribution in [1.82, 2.24) is 10.6 Å². The molecule has 0 aliphatic rings. The van der Waals surface area contributed by atoms with Crippen LogP contribution in [0.1, 0.15) is 5.56 Å². The molecule has 0 spiro atoms. The third-order valence-electron chi connectivity index (χ3n) is 2.22. The molecule has 0 fully saturated rings. The highest BCUT2D eigenvalue weighted by Gasteiger charge is 2.28. The molecule has 0 unspecified atom stereocenters. The van der Waals surface area contributed by atoms with Gasteiger partial charge in [0.1, 0.15) is 5.75 Å². The monoisotopic (exact) mass is 403 g/mol. The molecule has 0 saturated heterocycles. The van der Waals surface area contributed by atoms with Crippen molar-refractivity contribution < 1.29 is 17.9 Å². The van der Waals surface area contributed by atoms with Crippen LogP contribution >= 0.6 is 24.0 Å². The first-order chi connectivity index (χ1) is 8.94. The highest BCUT2D eigenvalue weighted by atomic mass is 127. The number of nitrogens with one attached hydrogen (secondary N) is 2. The van der Waals surface area contributed by atoms with Gasteiger partial charge in [0.15, 0.2) is 12.6 Å². The second-order valence-corrected chi connectivity index (χ2v) is 3.73. The van der Waals surface area contributed by atoms with E-state index in [2.05, 4.69) is 20.4 Å². The Morgan fingerprint density at radius 1 is 1.35 bits per heavy atom. The lowest BCUT2D eigenvalue weighted by Gasteiger charge is -2.11. The Labute approximate surface area is 132 Å². The number of hydrogen-bond donors (Lipinski definition) is 2. The molecule has 8 heteroatoms. The van der Waals surface area contributed by atoms with Gasteiger partial charge in [-0.3, -0.25) is 4.99 Å². The molecule has 0 atom stereocenters. The summed E-state index contributed by atoms with van der Waals surface area (Å²) in [6, 6.07) is 6.48. The summed E-state index contributed by atoms with van der Waals surface area (Å²) in [5.41, 5.74) is 0.802. The van der Waals surface area contributed by atoms with Gasteiger partial charge in [0.2, 0.25) is 0 Å². The molecule has 1 aromatic rings. The lowest BCUT2D eigenvalue weighted by molar-refractivity contribution is -0.153. The molecular formula is C12H17F3IN3O. The number of aliphatic imine (C=N–C) groups is 1. The van der Waals surface area contributed by atoms with Crippen LogP contribution in [-0.4, -0.2) is 32.8 Å². The number of alkyl halides is 3. The topological polar surface area (TPSA) is 45.7 Å². The Kier molecular flexibility index (Phi) is 8.35. The van der Waals surface area contributed by atoms with Gasteiger partial charge in [0.05, 0.1) is 0 Å². The molecule has 0 heterocycles. The second-order valence-electron chi connectivity index (χ2n) is 3.73. The Bertz CT molecular complexity index is 438. The molecule has 114 valence electrons. The minimum Gasteiger partial charge on any atom is -0.484 e. The summed E-state index contributed by atoms with van der Waals surface area (Å²) in [6.45, 7) is -0.848. The van der Waals surface area contributed by atoms with E-state index in [1.807, 2.05) is 0 Å². The van der Waals surface area contributed by atoms with Crippen molar-refractivity contribution in [2.75, 3.05) is 20.7 Å². The summed E-state index contributed by atoms with van der Waals surface area (Å²) in [4.78, 5) is 3.93. The van der Waals surface area contributed by atoms with Gasteiger partial charge in [0.25, 0.3) is 0 Å². The van der Waals surface area contributed by atoms with Gasteiger partial charge in [-0.05, 0) is 17.7 Å². The van der Waals surface area contributed by atoms with Crippen LogP contribution in [0.5, 0.6) is 5.75 Å². The SMILES string of the molecule is CN=C(NC)NCc1cccc(OCC(F)(F)F)c1.I. The van der Waals surface area contributed by atoms with Gasteiger partial charge < -0.3 is 15.4 Å². The molecular weight excluding hydrogens is 386 g/mol. The zero-order chi connectivity index (χ0) is 14.3. The van der Waals surface area contributed by atoms with Gasteiger partial charge in [-0.25, -0.2) is 0 Å². The fourth-order valence-corrected chi connectivity index (χ4v) is 1.38. The smallest absolute Gasteiger partial charge is 0.422 e. The minimum atomic E-state index is -4.33. The number of nitrogens with zero attached hydrogens (tertiary/aromatic N) is 1. The lowest BCUT2D eigenvalue weighted by Crippen LogP contribution is -2.34. The second kappa shape index (κ2) is 8.88. The van der Waals surface area contributed by atoms with Crippen molar-refractivity contribution in [3.05, 3.63) is 29.8 Å². The lowest BCUT2D eigenvalue weighted by atomic mass is 10.2. The van der Waals surface area contributed by atoms with E-state index < -0.39 is 12.8 Å². The van der Waals surface area contributed by atoms with E-state index in [1.165, 1.54) is 6.07 Å². The van der Waals surface area contributed by atoms with Crippen molar-refractivity contribution in [3.63, 3.8) is 0 Å². The summed E-state index contributed by atoms with van der Waals surface area (Å²) in [7, 11) is 3.35. The van der Waals surface area contributed by atoms with E-state index in [-0.39, 0.29) is 29.7 Å². The van der Waals surface area contributed by atoms with E-state index in [9.17, 15) is 13.2 Å². The molecule has 0 aliphatic heterocycles. The summed E-state index contributed by atoms with van der Waals surface area (Å²) in [5.74, 6) is 0.790. The molecule has 0 aliphatic carbocycles. The molecule has 2 N–H and O–H groups in total. The number of guanidine groups is 1. The largest absolute Gasteiger partial charge is 0.484 e. The maximum atomic E-state index is 12.0. The average molecular weight is 403 g/mol. The summed E-state index contributed by atoms with van der Waals surface area (Å²) >= 11 is 0. The number of rotatable bonds is 4. The van der Waals surface area contributed by atoms with Crippen LogP contribution in [-0.2, 0) is 6.54 Å². The van der Waals surface area contributed by atoms with E-state index in [0.717, 1.165) is 5.56 Å². The van der Waals surface area contributed by atoms with Crippen molar-refractivity contribution in [2.45, 2.75) is 12.7 Å². The van der Waals surface area contributed by atoms with E-state index in [0.29, 0.717) is 12.5 Å². The first-order valence-electron chi connectivity index (χ1n) is 5.61. The van der Waals surface area contributed by atoms with E-state index >= 15 is 0 Å². The maximum Gasteiger partial charge on any atom is 0.422 e. The Morgan fingerprint density at radius 3 is 2.60 bits per heavy atom. The Hall–Kier alpha value is -1.19. The number of benzene rings is 1. The average Bonchev–Trinajstić information content (AvgIpc) is 2.37. The molecule has 0 aromatic heterocycles. The number of ether oxygens (including phenoxy) is 1. The van der Waals surface area contributed by atoms with Crippen LogP contribution in [0.15, 0.2) is 29.3 Å². The van der Waals surface area contributed by atoms with Crippen LogP contribution in [0.4, 0.5) is 13.2 Å². The predicted octanol–water partition coefficient (Wildman–Crippen LogP) is 2.54. The Balaban J connectivity index is 0.00000361. The van der Waals surface area contributed by atoms with Crippen molar-refractivity contribution >= 4 is 29.9 Å². The van der Waals surface area contributed by atoms with Crippen LogP contribution in [0.2, 0.25) is 0 Å². The predicted molar refractivity (Wildman–Crippen MR) is 82.7 cm³/mol. The first-order valence-corrected chi connectivity index (χ1v) is 5.61. The van der Waals surface area contributed by atoms with Crippen LogP contribution in [0, 0.1) is 0 Å². The van der Waals surface area contributed by atoms with Crippen molar-refractivity contribution in [1.29, 1.82) is 0 Å². The third-order valence-corrected chi connectivity index (χ3v) is 2.22. The highest BCUT2D eigenvalue weighted by Crippen LogP contribution is 2.19. The molecule has 0 saturated carbocycles. The molecule has 4 nitrogen and oxygen atoms in total. The van der Waals surface area contributed by atoms with Crippen molar-refractivity contribution in [3.8, 4) is 5.75 Å². The zero-order valence-corrected chi connectivity index (χ0v) is 13.5. The quantitative estimate of drug-likeness (QED) is 0.462. The summed E-state index contributed by atoms with van der Waals surface area (Å²) in [6.07, 6.45) is -4.33. The van der Waals surface area contributed by atoms with Crippen LogP contribution < -0.4 is 15.4 Å². The van der Waals surface area contributed by atoms with Gasteiger partial charge in [-0.2, -0.15) is 13.2 Å². The third kappa shape index (κ3) is 7.41. The fraction of sp³-hybridized carbons (Fsp3) is 0.417. The van der Waals surface area contributed by atoms with Gasteiger partial charge in [-0.15, -0.1) is 24.0 Å². The van der Waals surface area contributed by atoms with Gasteiger partial charge in [-0.1, -0.05) is 12.1 Å².